The summed E-state index contributed by atoms with van der Waals surface area (Å²) in [5.74, 6) is 0.194. The lowest BCUT2D eigenvalue weighted by Gasteiger charge is -2.03. The molecule has 74 valence electrons. The molecule has 0 fully saturated rings. The molecule has 0 bridgehead atoms. The Bertz CT molecular complexity index is 189. The van der Waals surface area contributed by atoms with Crippen LogP contribution in [0.1, 0.15) is 6.92 Å². The third-order valence-electron chi connectivity index (χ3n) is 1.28. The van der Waals surface area contributed by atoms with Crippen molar-refractivity contribution in [3.05, 3.63) is 0 Å². The predicted molar refractivity (Wildman–Crippen MR) is 49.1 cm³/mol. The average molecular weight is 195 g/mol. The zero-order valence-electron chi connectivity index (χ0n) is 7.67. The molecule has 4 nitrogen and oxygen atoms in total. The third-order valence-corrected chi connectivity index (χ3v) is 2.22. The Morgan fingerprint density at radius 2 is 2.00 bits per heavy atom. The van der Waals surface area contributed by atoms with Gasteiger partial charge >= 0.3 is 0 Å². The van der Waals surface area contributed by atoms with Crippen LogP contribution in [-0.2, 0) is 14.6 Å². The molecule has 0 aromatic rings. The Balaban J connectivity index is 3.12. The maximum atomic E-state index is 10.6. The number of rotatable bonds is 7. The number of sulfone groups is 1. The van der Waals surface area contributed by atoms with E-state index in [0.29, 0.717) is 26.3 Å². The molecular formula is C7H17NO3S. The van der Waals surface area contributed by atoms with Crippen LogP contribution in [0.4, 0.5) is 0 Å². The molecule has 0 atom stereocenters. The molecule has 0 aromatic heterocycles. The van der Waals surface area contributed by atoms with Gasteiger partial charge in [-0.15, -0.1) is 0 Å². The molecule has 0 heterocycles. The van der Waals surface area contributed by atoms with Crippen molar-refractivity contribution in [2.75, 3.05) is 38.3 Å². The predicted octanol–water partition coefficient (Wildman–Crippen LogP) is -0.343. The minimum atomic E-state index is -2.82. The van der Waals surface area contributed by atoms with Gasteiger partial charge in [-0.2, -0.15) is 0 Å². The molecule has 0 rings (SSSR count). The monoisotopic (exact) mass is 195 g/mol. The van der Waals surface area contributed by atoms with Gasteiger partial charge in [0.2, 0.25) is 0 Å². The van der Waals surface area contributed by atoms with Crippen molar-refractivity contribution in [2.45, 2.75) is 6.92 Å². The average Bonchev–Trinajstić information content (AvgIpc) is 1.94. The van der Waals surface area contributed by atoms with Crippen molar-refractivity contribution in [3.8, 4) is 0 Å². The van der Waals surface area contributed by atoms with E-state index >= 15 is 0 Å². The van der Waals surface area contributed by atoms with Gasteiger partial charge in [0.05, 0.1) is 12.4 Å². The van der Waals surface area contributed by atoms with Crippen molar-refractivity contribution in [2.24, 2.45) is 0 Å². The Hall–Kier alpha value is -0.130. The van der Waals surface area contributed by atoms with Crippen LogP contribution in [0.3, 0.4) is 0 Å². The van der Waals surface area contributed by atoms with Crippen LogP contribution in [0, 0.1) is 0 Å². The smallest absolute Gasteiger partial charge is 0.148 e. The van der Waals surface area contributed by atoms with E-state index < -0.39 is 9.84 Å². The lowest BCUT2D eigenvalue weighted by Crippen LogP contribution is -2.25. The first-order chi connectivity index (χ1) is 5.56. The molecule has 0 saturated heterocycles. The van der Waals surface area contributed by atoms with Crippen molar-refractivity contribution in [1.29, 1.82) is 0 Å². The summed E-state index contributed by atoms with van der Waals surface area (Å²) in [6, 6.07) is 0. The van der Waals surface area contributed by atoms with Crippen LogP contribution in [0.5, 0.6) is 0 Å². The fraction of sp³-hybridized carbons (Fsp3) is 1.00. The molecule has 0 unspecified atom stereocenters. The summed E-state index contributed by atoms with van der Waals surface area (Å²) in [6.45, 7) is 4.49. The van der Waals surface area contributed by atoms with Crippen molar-refractivity contribution in [3.63, 3.8) is 0 Å². The molecule has 0 saturated carbocycles. The number of hydrogen-bond acceptors (Lipinski definition) is 4. The van der Waals surface area contributed by atoms with E-state index in [1.165, 1.54) is 6.26 Å². The maximum Gasteiger partial charge on any atom is 0.148 e. The first kappa shape index (κ1) is 11.9. The van der Waals surface area contributed by atoms with Gasteiger partial charge in [-0.25, -0.2) is 8.42 Å². The summed E-state index contributed by atoms with van der Waals surface area (Å²) in [5, 5.41) is 2.97. The van der Waals surface area contributed by atoms with E-state index in [0.717, 1.165) is 0 Å². The van der Waals surface area contributed by atoms with Gasteiger partial charge in [-0.05, 0) is 6.92 Å². The highest BCUT2D eigenvalue weighted by Gasteiger charge is 1.99. The number of hydrogen-bond donors (Lipinski definition) is 1. The Kier molecular flexibility index (Phi) is 6.32. The van der Waals surface area contributed by atoms with Gasteiger partial charge in [0.15, 0.2) is 0 Å². The van der Waals surface area contributed by atoms with Gasteiger partial charge in [-0.1, -0.05) is 0 Å². The summed E-state index contributed by atoms with van der Waals surface area (Å²) < 4.78 is 26.4. The van der Waals surface area contributed by atoms with E-state index in [4.69, 9.17) is 4.74 Å². The van der Waals surface area contributed by atoms with Gasteiger partial charge in [0.1, 0.15) is 9.84 Å². The standard InChI is InChI=1S/C7H17NO3S/c1-3-11-6-4-8-5-7-12(2,9)10/h8H,3-7H2,1-2H3. The van der Waals surface area contributed by atoms with Gasteiger partial charge < -0.3 is 10.1 Å². The molecule has 0 spiro atoms. The Morgan fingerprint density at radius 1 is 1.33 bits per heavy atom. The normalized spacial score (nSPS) is 11.8. The molecular weight excluding hydrogens is 178 g/mol. The van der Waals surface area contributed by atoms with Crippen LogP contribution in [0.15, 0.2) is 0 Å². The van der Waals surface area contributed by atoms with E-state index in [1.54, 1.807) is 0 Å². The summed E-state index contributed by atoms with van der Waals surface area (Å²) >= 11 is 0. The van der Waals surface area contributed by atoms with E-state index in [9.17, 15) is 8.42 Å². The van der Waals surface area contributed by atoms with Crippen LogP contribution in [-0.4, -0.2) is 46.7 Å². The van der Waals surface area contributed by atoms with E-state index in [-0.39, 0.29) is 5.75 Å². The minimum Gasteiger partial charge on any atom is -0.380 e. The molecule has 0 radical (unpaired) electrons. The number of ether oxygens (including phenoxy) is 1. The SMILES string of the molecule is CCOCCNCCS(C)(=O)=O. The van der Waals surface area contributed by atoms with E-state index in [1.807, 2.05) is 6.92 Å². The van der Waals surface area contributed by atoms with Crippen LogP contribution >= 0.6 is 0 Å². The van der Waals surface area contributed by atoms with Gasteiger partial charge in [0.25, 0.3) is 0 Å². The topological polar surface area (TPSA) is 55.4 Å². The molecule has 1 N–H and O–H groups in total. The fourth-order valence-corrected chi connectivity index (χ4v) is 1.19. The molecule has 0 aliphatic rings. The largest absolute Gasteiger partial charge is 0.380 e. The highest BCUT2D eigenvalue weighted by Crippen LogP contribution is 1.79. The zero-order chi connectivity index (χ0) is 9.45. The second kappa shape index (κ2) is 6.39. The fourth-order valence-electron chi connectivity index (χ4n) is 0.671. The van der Waals surface area contributed by atoms with E-state index in [2.05, 4.69) is 5.32 Å². The molecule has 0 amide bonds. The van der Waals surface area contributed by atoms with Crippen LogP contribution in [0.2, 0.25) is 0 Å². The molecule has 0 aliphatic heterocycles. The van der Waals surface area contributed by atoms with Crippen molar-refractivity contribution in [1.82, 2.24) is 5.32 Å². The zero-order valence-corrected chi connectivity index (χ0v) is 8.49. The second-order valence-electron chi connectivity index (χ2n) is 2.58. The maximum absolute atomic E-state index is 10.6. The second-order valence-corrected chi connectivity index (χ2v) is 4.84. The summed E-state index contributed by atoms with van der Waals surface area (Å²) in [5.41, 5.74) is 0. The molecule has 5 heteroatoms. The van der Waals surface area contributed by atoms with Gasteiger partial charge in [0, 0.05) is 26.0 Å². The van der Waals surface area contributed by atoms with Crippen LogP contribution in [0.25, 0.3) is 0 Å². The lowest BCUT2D eigenvalue weighted by atomic mass is 10.6. The van der Waals surface area contributed by atoms with Crippen molar-refractivity contribution < 1.29 is 13.2 Å². The molecule has 0 aromatic carbocycles. The third kappa shape index (κ3) is 9.87. The Morgan fingerprint density at radius 3 is 2.50 bits per heavy atom. The highest BCUT2D eigenvalue weighted by molar-refractivity contribution is 7.90. The van der Waals surface area contributed by atoms with Crippen molar-refractivity contribution >= 4 is 9.84 Å². The summed E-state index contributed by atoms with van der Waals surface area (Å²) in [4.78, 5) is 0. The first-order valence-corrected chi connectivity index (χ1v) is 6.08. The molecule has 0 aliphatic carbocycles. The minimum absolute atomic E-state index is 0.194. The summed E-state index contributed by atoms with van der Waals surface area (Å²) in [7, 11) is -2.82. The Labute approximate surface area is 74.2 Å². The van der Waals surface area contributed by atoms with Crippen LogP contribution < -0.4 is 5.32 Å². The number of nitrogens with one attached hydrogen (secondary N) is 1. The molecule has 12 heavy (non-hydrogen) atoms. The lowest BCUT2D eigenvalue weighted by molar-refractivity contribution is 0.150. The first-order valence-electron chi connectivity index (χ1n) is 4.02. The highest BCUT2D eigenvalue weighted by atomic mass is 32.2. The van der Waals surface area contributed by atoms with Gasteiger partial charge in [-0.3, -0.25) is 0 Å². The summed E-state index contributed by atoms with van der Waals surface area (Å²) in [6.07, 6.45) is 1.23. The quantitative estimate of drug-likeness (QED) is 0.565.